The molecule has 1 N–H and O–H groups in total. The summed E-state index contributed by atoms with van der Waals surface area (Å²) in [7, 11) is 3.42. The molecule has 24 heavy (non-hydrogen) atoms. The fourth-order valence-electron chi connectivity index (χ4n) is 3.25. The van der Waals surface area contributed by atoms with Gasteiger partial charge in [0.05, 0.1) is 14.2 Å². The normalized spacial score (nSPS) is 16.6. The van der Waals surface area contributed by atoms with Crippen LogP contribution in [0.15, 0.2) is 42.6 Å². The van der Waals surface area contributed by atoms with E-state index in [0.717, 1.165) is 55.4 Å². The Bertz CT molecular complexity index is 642. The van der Waals surface area contributed by atoms with Crippen molar-refractivity contribution in [3.63, 3.8) is 0 Å². The van der Waals surface area contributed by atoms with E-state index >= 15 is 0 Å². The number of nitrogens with zero attached hydrogens (tertiary/aromatic N) is 2. The minimum absolute atomic E-state index is 0.215. The average Bonchev–Trinajstić information content (AvgIpc) is 2.67. The number of piperazine rings is 1. The fraction of sp³-hybridized carbons (Fsp3) is 0.421. The highest BCUT2D eigenvalue weighted by Crippen LogP contribution is 2.34. The molecule has 5 nitrogen and oxygen atoms in total. The first-order valence-electron chi connectivity index (χ1n) is 8.38. The third-order valence-corrected chi connectivity index (χ3v) is 4.52. The van der Waals surface area contributed by atoms with Gasteiger partial charge in [-0.05, 0) is 30.3 Å². The maximum Gasteiger partial charge on any atom is 0.123 e. The topological polar surface area (TPSA) is 46.6 Å². The third kappa shape index (κ3) is 3.86. The van der Waals surface area contributed by atoms with E-state index in [-0.39, 0.29) is 6.04 Å². The van der Waals surface area contributed by atoms with Crippen LogP contribution in [0.25, 0.3) is 0 Å². The van der Waals surface area contributed by atoms with Crippen LogP contribution < -0.4 is 14.8 Å². The molecule has 0 aliphatic carbocycles. The molecule has 0 spiro atoms. The standard InChI is InChI=1S/C19H25N3O2/c1-23-16-6-7-19(24-2)17(14-16)18(22-11-9-20-10-12-22)13-15-5-3-4-8-21-15/h3-8,14,18,20H,9-13H2,1-2H3. The predicted molar refractivity (Wildman–Crippen MR) is 94.7 cm³/mol. The number of rotatable bonds is 6. The number of hydrogen-bond donors (Lipinski definition) is 1. The van der Waals surface area contributed by atoms with Gasteiger partial charge in [-0.25, -0.2) is 0 Å². The Morgan fingerprint density at radius 1 is 1.12 bits per heavy atom. The van der Waals surface area contributed by atoms with Gasteiger partial charge in [0, 0.05) is 56.1 Å². The van der Waals surface area contributed by atoms with Crippen molar-refractivity contribution in [1.29, 1.82) is 0 Å². The molecule has 2 aromatic rings. The Morgan fingerprint density at radius 3 is 2.62 bits per heavy atom. The van der Waals surface area contributed by atoms with Gasteiger partial charge >= 0.3 is 0 Å². The van der Waals surface area contributed by atoms with Crippen LogP contribution in [-0.2, 0) is 6.42 Å². The lowest BCUT2D eigenvalue weighted by molar-refractivity contribution is 0.168. The zero-order valence-corrected chi connectivity index (χ0v) is 14.4. The van der Waals surface area contributed by atoms with Crippen LogP contribution in [0.3, 0.4) is 0 Å². The maximum absolute atomic E-state index is 5.64. The molecule has 2 heterocycles. The van der Waals surface area contributed by atoms with Crippen LogP contribution in [0.1, 0.15) is 17.3 Å². The largest absolute Gasteiger partial charge is 0.497 e. The second-order valence-electron chi connectivity index (χ2n) is 5.93. The molecule has 1 aliphatic rings. The summed E-state index contributed by atoms with van der Waals surface area (Å²) < 4.78 is 11.1. The number of hydrogen-bond acceptors (Lipinski definition) is 5. The molecule has 5 heteroatoms. The zero-order chi connectivity index (χ0) is 16.8. The fourth-order valence-corrected chi connectivity index (χ4v) is 3.25. The van der Waals surface area contributed by atoms with Crippen LogP contribution in [0, 0.1) is 0 Å². The van der Waals surface area contributed by atoms with Gasteiger partial charge in [-0.1, -0.05) is 6.07 Å². The van der Waals surface area contributed by atoms with Gasteiger partial charge in [0.2, 0.25) is 0 Å². The summed E-state index contributed by atoms with van der Waals surface area (Å²) in [5, 5.41) is 3.42. The summed E-state index contributed by atoms with van der Waals surface area (Å²) in [5.74, 6) is 1.75. The van der Waals surface area contributed by atoms with Crippen LogP contribution >= 0.6 is 0 Å². The number of benzene rings is 1. The molecule has 0 bridgehead atoms. The van der Waals surface area contributed by atoms with Crippen LogP contribution in [-0.4, -0.2) is 50.3 Å². The molecule has 1 aromatic carbocycles. The second kappa shape index (κ2) is 8.13. The van der Waals surface area contributed by atoms with E-state index in [1.165, 1.54) is 0 Å². The number of methoxy groups -OCH3 is 2. The summed E-state index contributed by atoms with van der Waals surface area (Å²) >= 11 is 0. The Morgan fingerprint density at radius 2 is 1.96 bits per heavy atom. The third-order valence-electron chi connectivity index (χ3n) is 4.52. The van der Waals surface area contributed by atoms with E-state index in [9.17, 15) is 0 Å². The lowest BCUT2D eigenvalue weighted by Gasteiger charge is -2.35. The summed E-state index contributed by atoms with van der Waals surface area (Å²) in [4.78, 5) is 7.03. The summed E-state index contributed by atoms with van der Waals surface area (Å²) in [6, 6.07) is 12.3. The minimum Gasteiger partial charge on any atom is -0.497 e. The van der Waals surface area contributed by atoms with E-state index in [4.69, 9.17) is 9.47 Å². The highest BCUT2D eigenvalue weighted by Gasteiger charge is 2.26. The van der Waals surface area contributed by atoms with E-state index in [2.05, 4.69) is 27.3 Å². The molecule has 1 atom stereocenters. The van der Waals surface area contributed by atoms with Crippen molar-refractivity contribution in [1.82, 2.24) is 15.2 Å². The molecule has 0 amide bonds. The molecule has 1 aromatic heterocycles. The van der Waals surface area contributed by atoms with Crippen molar-refractivity contribution >= 4 is 0 Å². The summed E-state index contributed by atoms with van der Waals surface area (Å²) in [6.07, 6.45) is 2.71. The van der Waals surface area contributed by atoms with Gasteiger partial charge < -0.3 is 14.8 Å². The Hall–Kier alpha value is -2.11. The molecule has 128 valence electrons. The Balaban J connectivity index is 1.96. The summed E-state index contributed by atoms with van der Waals surface area (Å²) in [5.41, 5.74) is 2.25. The monoisotopic (exact) mass is 327 g/mol. The second-order valence-corrected chi connectivity index (χ2v) is 5.93. The van der Waals surface area contributed by atoms with E-state index in [1.807, 2.05) is 30.5 Å². The van der Waals surface area contributed by atoms with Gasteiger partial charge in [-0.2, -0.15) is 0 Å². The van der Waals surface area contributed by atoms with Crippen LogP contribution in [0.4, 0.5) is 0 Å². The predicted octanol–water partition coefficient (Wildman–Crippen LogP) is 2.29. The van der Waals surface area contributed by atoms with E-state index in [1.54, 1.807) is 14.2 Å². The van der Waals surface area contributed by atoms with Gasteiger partial charge in [0.25, 0.3) is 0 Å². The molecule has 1 aliphatic heterocycles. The molecule has 0 saturated carbocycles. The zero-order valence-electron chi connectivity index (χ0n) is 14.4. The van der Waals surface area contributed by atoms with Gasteiger partial charge in [0.15, 0.2) is 0 Å². The van der Waals surface area contributed by atoms with Gasteiger partial charge in [-0.3, -0.25) is 9.88 Å². The molecule has 0 radical (unpaired) electrons. The van der Waals surface area contributed by atoms with Crippen LogP contribution in [0.5, 0.6) is 11.5 Å². The highest BCUT2D eigenvalue weighted by atomic mass is 16.5. The van der Waals surface area contributed by atoms with Crippen molar-refractivity contribution in [3.05, 3.63) is 53.9 Å². The van der Waals surface area contributed by atoms with Crippen molar-refractivity contribution in [3.8, 4) is 11.5 Å². The number of nitrogens with one attached hydrogen (secondary N) is 1. The molecule has 1 saturated heterocycles. The molecule has 3 rings (SSSR count). The summed E-state index contributed by atoms with van der Waals surface area (Å²) in [6.45, 7) is 4.03. The first kappa shape index (κ1) is 16.7. The Labute approximate surface area is 143 Å². The van der Waals surface area contributed by atoms with Crippen molar-refractivity contribution in [2.24, 2.45) is 0 Å². The number of aromatic nitrogens is 1. The molecule has 1 unspecified atom stereocenters. The quantitative estimate of drug-likeness (QED) is 0.882. The number of pyridine rings is 1. The molecular weight excluding hydrogens is 302 g/mol. The number of ether oxygens (including phenoxy) is 2. The molecular formula is C19H25N3O2. The van der Waals surface area contributed by atoms with Crippen LogP contribution in [0.2, 0.25) is 0 Å². The van der Waals surface area contributed by atoms with Crippen molar-refractivity contribution in [2.45, 2.75) is 12.5 Å². The van der Waals surface area contributed by atoms with Gasteiger partial charge in [0.1, 0.15) is 11.5 Å². The molecule has 1 fully saturated rings. The maximum atomic E-state index is 5.64. The lowest BCUT2D eigenvalue weighted by atomic mass is 9.97. The Kier molecular flexibility index (Phi) is 5.67. The minimum atomic E-state index is 0.215. The van der Waals surface area contributed by atoms with Gasteiger partial charge in [-0.15, -0.1) is 0 Å². The first-order valence-corrected chi connectivity index (χ1v) is 8.38. The lowest BCUT2D eigenvalue weighted by Crippen LogP contribution is -2.45. The van der Waals surface area contributed by atoms with E-state index < -0.39 is 0 Å². The van der Waals surface area contributed by atoms with Crippen molar-refractivity contribution < 1.29 is 9.47 Å². The first-order chi connectivity index (χ1) is 11.8. The SMILES string of the molecule is COc1ccc(OC)c(C(Cc2ccccn2)N2CCNCC2)c1. The highest BCUT2D eigenvalue weighted by molar-refractivity contribution is 5.43. The average molecular weight is 327 g/mol. The smallest absolute Gasteiger partial charge is 0.123 e. The van der Waals surface area contributed by atoms with Crippen molar-refractivity contribution in [2.75, 3.05) is 40.4 Å². The van der Waals surface area contributed by atoms with E-state index in [0.29, 0.717) is 0 Å².